The molecule has 0 saturated carbocycles. The quantitative estimate of drug-likeness (QED) is 0.142. The van der Waals surface area contributed by atoms with Gasteiger partial charge >= 0.3 is 0 Å². The molecule has 0 aliphatic rings. The first-order chi connectivity index (χ1) is 14.2. The molecule has 0 bridgehead atoms. The molecule has 0 aliphatic carbocycles. The van der Waals surface area contributed by atoms with Crippen LogP contribution in [0.2, 0.25) is 0 Å². The van der Waals surface area contributed by atoms with Crippen molar-refractivity contribution < 1.29 is 23.7 Å². The Kier molecular flexibility index (Phi) is 23.8. The van der Waals surface area contributed by atoms with E-state index in [4.69, 9.17) is 29.4 Å². The molecule has 6 nitrogen and oxygen atoms in total. The van der Waals surface area contributed by atoms with E-state index < -0.39 is 0 Å². The Balaban J connectivity index is 3.95. The maximum Gasteiger partial charge on any atom is 0.157 e. The molecule has 0 aliphatic heterocycles. The predicted molar refractivity (Wildman–Crippen MR) is 127 cm³/mol. The minimum Gasteiger partial charge on any atom is -0.377 e. The van der Waals surface area contributed by atoms with Gasteiger partial charge in [-0.2, -0.15) is 0 Å². The average molecular weight is 456 g/mol. The van der Waals surface area contributed by atoms with E-state index in [9.17, 15) is 0 Å². The van der Waals surface area contributed by atoms with Crippen LogP contribution in [0.5, 0.6) is 0 Å². The fourth-order valence-electron chi connectivity index (χ4n) is 2.93. The normalized spacial score (nSPS) is 13.8. The van der Waals surface area contributed by atoms with Gasteiger partial charge in [0, 0.05) is 45.8 Å². The molecule has 0 spiro atoms. The second kappa shape index (κ2) is 23.3. The molecule has 8 heteroatoms. The van der Waals surface area contributed by atoms with Crippen molar-refractivity contribution in [2.45, 2.75) is 72.1 Å². The molecule has 2 unspecified atom stereocenters. The van der Waals surface area contributed by atoms with Crippen LogP contribution in [0.25, 0.3) is 0 Å². The second-order valence-corrected chi connectivity index (χ2v) is 9.62. The standard InChI is InChI=1S/C21H47NO5P2/c1-5-23-20(24-6-2)11-17-28-15-9-19(27-14-13-22)10-16-29-18-12-21(25-7-3)26-8-4/h19-21,28-29H,5-18,22H2,1-4H3. The molecule has 0 amide bonds. The molecule has 0 aromatic heterocycles. The molecule has 2 N–H and O–H groups in total. The Morgan fingerprint density at radius 2 is 0.966 bits per heavy atom. The van der Waals surface area contributed by atoms with Gasteiger partial charge < -0.3 is 29.4 Å². The lowest BCUT2D eigenvalue weighted by Crippen LogP contribution is -2.20. The highest BCUT2D eigenvalue weighted by Crippen LogP contribution is 2.22. The van der Waals surface area contributed by atoms with Crippen LogP contribution in [0, 0.1) is 0 Å². The molecule has 0 rings (SSSR count). The molecule has 0 fully saturated rings. The van der Waals surface area contributed by atoms with E-state index in [2.05, 4.69) is 0 Å². The largest absolute Gasteiger partial charge is 0.377 e. The molecule has 2 atom stereocenters. The van der Waals surface area contributed by atoms with Gasteiger partial charge in [0.25, 0.3) is 0 Å². The first-order valence-electron chi connectivity index (χ1n) is 11.4. The predicted octanol–water partition coefficient (Wildman–Crippen LogP) is 4.05. The third-order valence-corrected chi connectivity index (χ3v) is 6.85. The van der Waals surface area contributed by atoms with E-state index in [1.54, 1.807) is 0 Å². The first kappa shape index (κ1) is 29.6. The van der Waals surface area contributed by atoms with Crippen LogP contribution in [-0.2, 0) is 23.7 Å². The number of rotatable bonds is 23. The fourth-order valence-corrected chi connectivity index (χ4v) is 5.37. The van der Waals surface area contributed by atoms with E-state index in [1.165, 1.54) is 12.3 Å². The van der Waals surface area contributed by atoms with Crippen molar-refractivity contribution in [1.29, 1.82) is 0 Å². The summed E-state index contributed by atoms with van der Waals surface area (Å²) in [5.41, 5.74) is 5.63. The summed E-state index contributed by atoms with van der Waals surface area (Å²) in [6.07, 6.45) is 9.20. The molecule has 0 radical (unpaired) electrons. The van der Waals surface area contributed by atoms with Gasteiger partial charge in [-0.25, -0.2) is 0 Å². The summed E-state index contributed by atoms with van der Waals surface area (Å²) >= 11 is 0. The highest BCUT2D eigenvalue weighted by Gasteiger charge is 2.11. The Bertz CT molecular complexity index is 291. The van der Waals surface area contributed by atoms with Crippen molar-refractivity contribution in [2.24, 2.45) is 5.73 Å². The van der Waals surface area contributed by atoms with E-state index in [0.717, 1.165) is 55.2 Å². The first-order valence-corrected chi connectivity index (χ1v) is 14.2. The van der Waals surface area contributed by atoms with Crippen LogP contribution in [0.3, 0.4) is 0 Å². The fraction of sp³-hybridized carbons (Fsp3) is 1.00. The molecule has 0 aromatic rings. The zero-order chi connectivity index (χ0) is 21.6. The SMILES string of the molecule is CCOC(CCPCCC(CCPCCC(OCC)OCC)OCCN)OCC. The molecule has 0 heterocycles. The van der Waals surface area contributed by atoms with Crippen LogP contribution in [-0.4, -0.2) is 82.9 Å². The van der Waals surface area contributed by atoms with E-state index in [1.807, 2.05) is 27.7 Å². The average Bonchev–Trinajstić information content (AvgIpc) is 2.71. The zero-order valence-corrected chi connectivity index (χ0v) is 21.3. The van der Waals surface area contributed by atoms with Crippen LogP contribution >= 0.6 is 17.2 Å². The van der Waals surface area contributed by atoms with Crippen molar-refractivity contribution in [1.82, 2.24) is 0 Å². The number of ether oxygens (including phenoxy) is 5. The Hall–Kier alpha value is 0.620. The van der Waals surface area contributed by atoms with Gasteiger partial charge in [0.2, 0.25) is 0 Å². The smallest absolute Gasteiger partial charge is 0.157 e. The van der Waals surface area contributed by atoms with E-state index in [-0.39, 0.29) is 12.6 Å². The van der Waals surface area contributed by atoms with Gasteiger partial charge in [-0.3, -0.25) is 0 Å². The van der Waals surface area contributed by atoms with Crippen LogP contribution in [0.1, 0.15) is 53.4 Å². The van der Waals surface area contributed by atoms with Gasteiger partial charge in [-0.05, 0) is 65.2 Å². The van der Waals surface area contributed by atoms with Gasteiger partial charge in [-0.1, -0.05) is 0 Å². The summed E-state index contributed by atoms with van der Waals surface area (Å²) in [5.74, 6) is 0. The molecule has 176 valence electrons. The third-order valence-electron chi connectivity index (χ3n) is 4.28. The summed E-state index contributed by atoms with van der Waals surface area (Å²) in [6.45, 7) is 12.1. The number of hydrogen-bond donors (Lipinski definition) is 1. The van der Waals surface area contributed by atoms with Crippen molar-refractivity contribution in [3.63, 3.8) is 0 Å². The lowest BCUT2D eigenvalue weighted by molar-refractivity contribution is -0.136. The van der Waals surface area contributed by atoms with E-state index >= 15 is 0 Å². The van der Waals surface area contributed by atoms with Crippen LogP contribution in [0.15, 0.2) is 0 Å². The Labute approximate surface area is 183 Å². The lowest BCUT2D eigenvalue weighted by Gasteiger charge is -2.19. The van der Waals surface area contributed by atoms with Crippen molar-refractivity contribution in [3.8, 4) is 0 Å². The molecular weight excluding hydrogens is 408 g/mol. The Morgan fingerprint density at radius 3 is 1.31 bits per heavy atom. The lowest BCUT2D eigenvalue weighted by atomic mass is 10.2. The minimum absolute atomic E-state index is 0.0415. The maximum atomic E-state index is 5.99. The van der Waals surface area contributed by atoms with Gasteiger partial charge in [-0.15, -0.1) is 17.2 Å². The van der Waals surface area contributed by atoms with Gasteiger partial charge in [0.15, 0.2) is 12.6 Å². The summed E-state index contributed by atoms with van der Waals surface area (Å²) in [6, 6.07) is 0. The highest BCUT2D eigenvalue weighted by molar-refractivity contribution is 7.38. The monoisotopic (exact) mass is 455 g/mol. The molecule has 0 saturated heterocycles. The summed E-state index contributed by atoms with van der Waals surface area (Å²) < 4.78 is 28.4. The number of hydrogen-bond acceptors (Lipinski definition) is 6. The Morgan fingerprint density at radius 1 is 0.586 bits per heavy atom. The topological polar surface area (TPSA) is 72.2 Å². The van der Waals surface area contributed by atoms with Crippen LogP contribution in [0.4, 0.5) is 0 Å². The van der Waals surface area contributed by atoms with Crippen molar-refractivity contribution >= 4 is 17.2 Å². The molecule has 0 aromatic carbocycles. The summed E-state index contributed by atoms with van der Waals surface area (Å²) in [4.78, 5) is 0. The minimum atomic E-state index is -0.0415. The van der Waals surface area contributed by atoms with Gasteiger partial charge in [0.05, 0.1) is 12.7 Å². The highest BCUT2D eigenvalue weighted by atomic mass is 31.1. The zero-order valence-electron chi connectivity index (χ0n) is 19.3. The number of nitrogens with two attached hydrogens (primary N) is 1. The van der Waals surface area contributed by atoms with Crippen LogP contribution < -0.4 is 5.73 Å². The van der Waals surface area contributed by atoms with Gasteiger partial charge in [0.1, 0.15) is 0 Å². The maximum absolute atomic E-state index is 5.99. The molecular formula is C21H47NO5P2. The van der Waals surface area contributed by atoms with Crippen molar-refractivity contribution in [2.75, 3.05) is 64.2 Å². The van der Waals surface area contributed by atoms with E-state index in [0.29, 0.717) is 45.7 Å². The summed E-state index contributed by atoms with van der Waals surface area (Å²) in [5, 5.41) is 0. The second-order valence-electron chi connectivity index (χ2n) is 6.62. The third kappa shape index (κ3) is 19.1. The van der Waals surface area contributed by atoms with Crippen molar-refractivity contribution in [3.05, 3.63) is 0 Å². The molecule has 29 heavy (non-hydrogen) atoms. The summed E-state index contributed by atoms with van der Waals surface area (Å²) in [7, 11) is 1.86.